The van der Waals surface area contributed by atoms with Gasteiger partial charge >= 0.3 is 0 Å². The van der Waals surface area contributed by atoms with E-state index in [9.17, 15) is 22.4 Å². The zero-order valence-corrected chi connectivity index (χ0v) is 21.8. The Morgan fingerprint density at radius 2 is 1.64 bits per heavy atom. The summed E-state index contributed by atoms with van der Waals surface area (Å²) in [5, 5.41) is 3.07. The number of anilines is 1. The zero-order valence-electron chi connectivity index (χ0n) is 19.5. The van der Waals surface area contributed by atoms with E-state index in [1.165, 1.54) is 68.6 Å². The molecule has 0 bridgehead atoms. The van der Waals surface area contributed by atoms with Crippen LogP contribution in [0.5, 0.6) is 0 Å². The van der Waals surface area contributed by atoms with Gasteiger partial charge in [-0.1, -0.05) is 47.5 Å². The van der Waals surface area contributed by atoms with Crippen molar-refractivity contribution in [3.8, 4) is 0 Å². The number of rotatable bonds is 9. The number of nitrogens with one attached hydrogen (secondary N) is 1. The molecule has 0 aromatic heterocycles. The van der Waals surface area contributed by atoms with Crippen LogP contribution in [0, 0.1) is 5.82 Å². The first-order chi connectivity index (χ1) is 17.0. The van der Waals surface area contributed by atoms with Gasteiger partial charge in [0.15, 0.2) is 0 Å². The Hall–Kier alpha value is -3.14. The lowest BCUT2D eigenvalue weighted by Crippen LogP contribution is -2.50. The summed E-state index contributed by atoms with van der Waals surface area (Å²) in [7, 11) is -2.84. The van der Waals surface area contributed by atoms with Gasteiger partial charge in [0.1, 0.15) is 18.4 Å². The van der Waals surface area contributed by atoms with Crippen molar-refractivity contribution in [2.75, 3.05) is 17.9 Å². The molecule has 0 aliphatic rings. The lowest BCUT2D eigenvalue weighted by Gasteiger charge is -2.31. The highest BCUT2D eigenvalue weighted by Crippen LogP contribution is 2.27. The summed E-state index contributed by atoms with van der Waals surface area (Å²) in [6.07, 6.45) is 0. The summed E-state index contributed by atoms with van der Waals surface area (Å²) in [5.74, 6) is -1.76. The number of amides is 2. The highest BCUT2D eigenvalue weighted by Gasteiger charge is 2.32. The molecule has 0 saturated carbocycles. The first-order valence-corrected chi connectivity index (χ1v) is 13.0. The van der Waals surface area contributed by atoms with Crippen LogP contribution in [-0.4, -0.2) is 44.8 Å². The van der Waals surface area contributed by atoms with E-state index in [1.807, 2.05) is 0 Å². The largest absolute Gasteiger partial charge is 0.357 e. The van der Waals surface area contributed by atoms with Crippen molar-refractivity contribution in [3.05, 3.63) is 94.2 Å². The molecule has 3 aromatic carbocycles. The van der Waals surface area contributed by atoms with Crippen LogP contribution in [0.3, 0.4) is 0 Å². The van der Waals surface area contributed by atoms with Crippen LogP contribution < -0.4 is 9.62 Å². The molecule has 3 aromatic rings. The fourth-order valence-corrected chi connectivity index (χ4v) is 5.21. The first-order valence-electron chi connectivity index (χ1n) is 10.8. The molecule has 7 nitrogen and oxygen atoms in total. The number of sulfonamides is 1. The zero-order chi connectivity index (χ0) is 26.5. The van der Waals surface area contributed by atoms with Crippen molar-refractivity contribution in [1.29, 1.82) is 0 Å². The van der Waals surface area contributed by atoms with Crippen LogP contribution in [-0.2, 0) is 26.2 Å². The van der Waals surface area contributed by atoms with Crippen molar-refractivity contribution in [3.63, 3.8) is 0 Å². The summed E-state index contributed by atoms with van der Waals surface area (Å²) in [6.45, 7) is 0.570. The molecule has 0 heterocycles. The molecule has 0 aliphatic heterocycles. The van der Waals surface area contributed by atoms with Crippen LogP contribution in [0.1, 0.15) is 12.5 Å². The molecule has 1 atom stereocenters. The minimum absolute atomic E-state index is 0.0975. The molecule has 0 spiro atoms. The third-order valence-corrected chi connectivity index (χ3v) is 7.76. The van der Waals surface area contributed by atoms with Crippen molar-refractivity contribution in [1.82, 2.24) is 10.2 Å². The van der Waals surface area contributed by atoms with Gasteiger partial charge in [-0.15, -0.1) is 0 Å². The SMILES string of the molecule is CNC(=O)C(C)N(Cc1ccccc1F)C(=O)CN(c1cccc(Cl)c1)S(=O)(=O)c1ccc(Cl)cc1. The number of likely N-dealkylation sites (N-methyl/N-ethyl adjacent to an activating group) is 1. The van der Waals surface area contributed by atoms with Gasteiger partial charge < -0.3 is 10.2 Å². The average molecular weight is 552 g/mol. The third-order valence-electron chi connectivity index (χ3n) is 5.49. The monoisotopic (exact) mass is 551 g/mol. The van der Waals surface area contributed by atoms with Gasteiger partial charge in [0, 0.05) is 29.2 Å². The van der Waals surface area contributed by atoms with E-state index in [1.54, 1.807) is 18.2 Å². The summed E-state index contributed by atoms with van der Waals surface area (Å²) in [4.78, 5) is 27.0. The molecule has 36 heavy (non-hydrogen) atoms. The average Bonchev–Trinajstić information content (AvgIpc) is 2.85. The predicted octanol–water partition coefficient (Wildman–Crippen LogP) is 4.49. The van der Waals surface area contributed by atoms with Crippen LogP contribution in [0.4, 0.5) is 10.1 Å². The van der Waals surface area contributed by atoms with Gasteiger partial charge in [-0.25, -0.2) is 12.8 Å². The fourth-order valence-electron chi connectivity index (χ4n) is 3.50. The molecule has 1 unspecified atom stereocenters. The Labute approximate surface area is 219 Å². The number of carbonyl (C=O) groups excluding carboxylic acids is 2. The molecular weight excluding hydrogens is 528 g/mol. The van der Waals surface area contributed by atoms with Crippen molar-refractivity contribution < 1.29 is 22.4 Å². The summed E-state index contributed by atoms with van der Waals surface area (Å²) in [5.41, 5.74) is 0.320. The summed E-state index contributed by atoms with van der Waals surface area (Å²) < 4.78 is 42.5. The quantitative estimate of drug-likeness (QED) is 0.424. The standard InChI is InChI=1S/C25H24Cl2FN3O4S/c1-17(25(33)29-2)30(15-18-6-3-4-9-23(18)28)24(32)16-31(21-8-5-7-20(27)14-21)36(34,35)22-12-10-19(26)11-13-22/h3-14,17H,15-16H2,1-2H3,(H,29,33). The molecule has 3 rings (SSSR count). The molecular formula is C25H24Cl2FN3O4S. The van der Waals surface area contributed by atoms with Crippen LogP contribution in [0.2, 0.25) is 10.0 Å². The second kappa shape index (κ2) is 11.7. The predicted molar refractivity (Wildman–Crippen MR) is 138 cm³/mol. The van der Waals surface area contributed by atoms with E-state index in [-0.39, 0.29) is 27.7 Å². The lowest BCUT2D eigenvalue weighted by molar-refractivity contribution is -0.139. The van der Waals surface area contributed by atoms with E-state index in [4.69, 9.17) is 23.2 Å². The smallest absolute Gasteiger partial charge is 0.264 e. The van der Waals surface area contributed by atoms with E-state index in [2.05, 4.69) is 5.32 Å². The molecule has 2 amide bonds. The lowest BCUT2D eigenvalue weighted by atomic mass is 10.1. The minimum atomic E-state index is -4.25. The highest BCUT2D eigenvalue weighted by atomic mass is 35.5. The van der Waals surface area contributed by atoms with Gasteiger partial charge in [-0.2, -0.15) is 0 Å². The van der Waals surface area contributed by atoms with Crippen molar-refractivity contribution >= 4 is 50.7 Å². The van der Waals surface area contributed by atoms with E-state index < -0.39 is 40.2 Å². The second-order valence-electron chi connectivity index (χ2n) is 7.85. The van der Waals surface area contributed by atoms with Gasteiger partial charge in [-0.05, 0) is 55.5 Å². The maximum absolute atomic E-state index is 14.4. The molecule has 0 radical (unpaired) electrons. The molecule has 0 saturated heterocycles. The van der Waals surface area contributed by atoms with Gasteiger partial charge in [0.05, 0.1) is 10.6 Å². The Bertz CT molecular complexity index is 1350. The van der Waals surface area contributed by atoms with E-state index in [0.717, 1.165) is 9.21 Å². The first kappa shape index (κ1) is 27.4. The van der Waals surface area contributed by atoms with Gasteiger partial charge in [0.25, 0.3) is 10.0 Å². The summed E-state index contributed by atoms with van der Waals surface area (Å²) in [6, 6.07) is 16.3. The molecule has 1 N–H and O–H groups in total. The van der Waals surface area contributed by atoms with Crippen molar-refractivity contribution in [2.24, 2.45) is 0 Å². The number of halogens is 3. The maximum atomic E-state index is 14.4. The van der Waals surface area contributed by atoms with E-state index in [0.29, 0.717) is 5.02 Å². The number of benzene rings is 3. The molecule has 0 fully saturated rings. The normalized spacial score (nSPS) is 12.0. The van der Waals surface area contributed by atoms with Crippen LogP contribution in [0.25, 0.3) is 0 Å². The maximum Gasteiger partial charge on any atom is 0.264 e. The third kappa shape index (κ3) is 6.34. The Morgan fingerprint density at radius 3 is 2.25 bits per heavy atom. The molecule has 11 heteroatoms. The molecule has 190 valence electrons. The number of hydrogen-bond acceptors (Lipinski definition) is 4. The second-order valence-corrected chi connectivity index (χ2v) is 10.6. The number of carbonyl (C=O) groups is 2. The van der Waals surface area contributed by atoms with Crippen molar-refractivity contribution in [2.45, 2.75) is 24.4 Å². The highest BCUT2D eigenvalue weighted by molar-refractivity contribution is 7.92. The minimum Gasteiger partial charge on any atom is -0.357 e. The fraction of sp³-hybridized carbons (Fsp3) is 0.200. The molecule has 0 aliphatic carbocycles. The summed E-state index contributed by atoms with van der Waals surface area (Å²) >= 11 is 12.0. The van der Waals surface area contributed by atoms with E-state index >= 15 is 0 Å². The Kier molecular flexibility index (Phi) is 8.94. The van der Waals surface area contributed by atoms with Gasteiger partial charge in [0.2, 0.25) is 11.8 Å². The number of hydrogen-bond donors (Lipinski definition) is 1. The van der Waals surface area contributed by atoms with Crippen LogP contribution in [0.15, 0.2) is 77.7 Å². The topological polar surface area (TPSA) is 86.8 Å². The van der Waals surface area contributed by atoms with Crippen LogP contribution >= 0.6 is 23.2 Å². The van der Waals surface area contributed by atoms with Gasteiger partial charge in [-0.3, -0.25) is 13.9 Å². The Morgan fingerprint density at radius 1 is 0.972 bits per heavy atom. The number of nitrogens with zero attached hydrogens (tertiary/aromatic N) is 2. The Balaban J connectivity index is 2.05.